The third kappa shape index (κ3) is 3.79. The van der Waals surface area contributed by atoms with Crippen molar-refractivity contribution in [1.29, 1.82) is 0 Å². The van der Waals surface area contributed by atoms with Crippen LogP contribution < -0.4 is 5.73 Å². The van der Waals surface area contributed by atoms with Crippen LogP contribution in [-0.4, -0.2) is 30.4 Å². The molecule has 0 spiro atoms. The number of hydrogen-bond acceptors (Lipinski definition) is 2. The maximum Gasteiger partial charge on any atom is 0.227 e. The lowest BCUT2D eigenvalue weighted by Crippen LogP contribution is -2.40. The molecule has 1 saturated heterocycles. The van der Waals surface area contributed by atoms with Gasteiger partial charge in [0.2, 0.25) is 5.91 Å². The van der Waals surface area contributed by atoms with Crippen molar-refractivity contribution < 1.29 is 9.18 Å². The van der Waals surface area contributed by atoms with Gasteiger partial charge in [-0.15, -0.1) is 0 Å². The van der Waals surface area contributed by atoms with Crippen LogP contribution in [0, 0.1) is 11.7 Å². The van der Waals surface area contributed by atoms with E-state index in [2.05, 4.69) is 0 Å². The second kappa shape index (κ2) is 7.39. The standard InChI is InChI=1S/C16H23FN2O/c17-15-8-4-3-7-13(15)11-14(12-18)16(20)19-9-5-1-2-6-10-19/h3-4,7-8,14H,1-2,5-6,9-12,18H2. The molecule has 0 aliphatic carbocycles. The molecule has 1 aliphatic rings. The van der Waals surface area contributed by atoms with Gasteiger partial charge in [-0.05, 0) is 30.9 Å². The van der Waals surface area contributed by atoms with E-state index in [1.54, 1.807) is 18.2 Å². The van der Waals surface area contributed by atoms with E-state index in [1.165, 1.54) is 18.9 Å². The first kappa shape index (κ1) is 15.0. The molecular weight excluding hydrogens is 255 g/mol. The average Bonchev–Trinajstić information content (AvgIpc) is 2.75. The van der Waals surface area contributed by atoms with Gasteiger partial charge in [0.25, 0.3) is 0 Å². The fourth-order valence-electron chi connectivity index (χ4n) is 2.75. The molecule has 0 saturated carbocycles. The molecule has 1 atom stereocenters. The van der Waals surface area contributed by atoms with Crippen molar-refractivity contribution in [2.24, 2.45) is 11.7 Å². The topological polar surface area (TPSA) is 46.3 Å². The van der Waals surface area contributed by atoms with Crippen LogP contribution in [0.4, 0.5) is 4.39 Å². The number of likely N-dealkylation sites (tertiary alicyclic amines) is 1. The minimum absolute atomic E-state index is 0.0812. The third-order valence-corrected chi connectivity index (χ3v) is 3.98. The lowest BCUT2D eigenvalue weighted by molar-refractivity contribution is -0.135. The lowest BCUT2D eigenvalue weighted by atomic mass is 9.97. The smallest absolute Gasteiger partial charge is 0.227 e. The summed E-state index contributed by atoms with van der Waals surface area (Å²) in [6, 6.07) is 6.61. The summed E-state index contributed by atoms with van der Waals surface area (Å²) >= 11 is 0. The van der Waals surface area contributed by atoms with Crippen molar-refractivity contribution in [3.8, 4) is 0 Å². The molecule has 1 heterocycles. The number of carbonyl (C=O) groups excluding carboxylic acids is 1. The molecule has 110 valence electrons. The van der Waals surface area contributed by atoms with Crippen LogP contribution in [0.2, 0.25) is 0 Å². The molecule has 2 rings (SSSR count). The van der Waals surface area contributed by atoms with Gasteiger partial charge in [0.1, 0.15) is 5.82 Å². The summed E-state index contributed by atoms with van der Waals surface area (Å²) in [4.78, 5) is 14.4. The number of hydrogen-bond donors (Lipinski definition) is 1. The molecule has 1 amide bonds. The Bertz CT molecular complexity index is 442. The van der Waals surface area contributed by atoms with Gasteiger partial charge < -0.3 is 10.6 Å². The van der Waals surface area contributed by atoms with Gasteiger partial charge in [0.05, 0.1) is 5.92 Å². The second-order valence-corrected chi connectivity index (χ2v) is 5.47. The van der Waals surface area contributed by atoms with Crippen molar-refractivity contribution in [3.05, 3.63) is 35.6 Å². The van der Waals surface area contributed by atoms with Crippen LogP contribution in [0.25, 0.3) is 0 Å². The van der Waals surface area contributed by atoms with Crippen LogP contribution >= 0.6 is 0 Å². The van der Waals surface area contributed by atoms with Crippen LogP contribution in [0.15, 0.2) is 24.3 Å². The van der Waals surface area contributed by atoms with Crippen molar-refractivity contribution in [1.82, 2.24) is 4.90 Å². The number of carbonyl (C=O) groups is 1. The molecule has 1 aromatic carbocycles. The van der Waals surface area contributed by atoms with E-state index in [4.69, 9.17) is 5.73 Å². The summed E-state index contributed by atoms with van der Waals surface area (Å²) in [5.74, 6) is -0.489. The SMILES string of the molecule is NCC(Cc1ccccc1F)C(=O)N1CCCCCC1. The van der Waals surface area contributed by atoms with Gasteiger partial charge in [-0.3, -0.25) is 4.79 Å². The van der Waals surface area contributed by atoms with E-state index in [0.29, 0.717) is 12.0 Å². The van der Waals surface area contributed by atoms with E-state index in [0.717, 1.165) is 25.9 Å². The number of nitrogens with zero attached hydrogens (tertiary/aromatic N) is 1. The van der Waals surface area contributed by atoms with E-state index in [9.17, 15) is 9.18 Å². The number of benzene rings is 1. The van der Waals surface area contributed by atoms with Crippen molar-refractivity contribution >= 4 is 5.91 Å². The highest BCUT2D eigenvalue weighted by molar-refractivity contribution is 5.79. The first-order chi connectivity index (χ1) is 9.72. The summed E-state index contributed by atoms with van der Waals surface area (Å²) in [5.41, 5.74) is 6.32. The predicted molar refractivity (Wildman–Crippen MR) is 77.7 cm³/mol. The molecule has 1 aromatic rings. The van der Waals surface area contributed by atoms with E-state index >= 15 is 0 Å². The molecule has 4 heteroatoms. The Labute approximate surface area is 120 Å². The molecule has 1 unspecified atom stereocenters. The number of amides is 1. The highest BCUT2D eigenvalue weighted by Gasteiger charge is 2.24. The highest BCUT2D eigenvalue weighted by Crippen LogP contribution is 2.17. The summed E-state index contributed by atoms with van der Waals surface area (Å²) < 4.78 is 13.7. The van der Waals surface area contributed by atoms with Gasteiger partial charge in [-0.25, -0.2) is 4.39 Å². The summed E-state index contributed by atoms with van der Waals surface area (Å²) in [6.07, 6.45) is 4.87. The zero-order valence-corrected chi connectivity index (χ0v) is 11.9. The molecule has 1 fully saturated rings. The monoisotopic (exact) mass is 278 g/mol. The average molecular weight is 278 g/mol. The molecule has 20 heavy (non-hydrogen) atoms. The number of nitrogens with two attached hydrogens (primary N) is 1. The Hall–Kier alpha value is -1.42. The van der Waals surface area contributed by atoms with Crippen molar-refractivity contribution in [2.75, 3.05) is 19.6 Å². The van der Waals surface area contributed by atoms with E-state index in [-0.39, 0.29) is 24.2 Å². The Balaban J connectivity index is 2.03. The van der Waals surface area contributed by atoms with Crippen molar-refractivity contribution in [2.45, 2.75) is 32.1 Å². The molecule has 3 nitrogen and oxygen atoms in total. The Morgan fingerprint density at radius 1 is 1.20 bits per heavy atom. The Morgan fingerprint density at radius 3 is 2.45 bits per heavy atom. The molecule has 0 radical (unpaired) electrons. The summed E-state index contributed by atoms with van der Waals surface area (Å²) in [6.45, 7) is 1.89. The first-order valence-corrected chi connectivity index (χ1v) is 7.44. The minimum atomic E-state index is -0.315. The van der Waals surface area contributed by atoms with Crippen LogP contribution in [0.5, 0.6) is 0 Å². The number of halogens is 1. The van der Waals surface area contributed by atoms with Gasteiger partial charge in [-0.2, -0.15) is 0 Å². The van der Waals surface area contributed by atoms with Gasteiger partial charge in [0.15, 0.2) is 0 Å². The van der Waals surface area contributed by atoms with Gasteiger partial charge >= 0.3 is 0 Å². The molecule has 0 bridgehead atoms. The second-order valence-electron chi connectivity index (χ2n) is 5.47. The maximum atomic E-state index is 13.7. The number of rotatable bonds is 4. The van der Waals surface area contributed by atoms with E-state index < -0.39 is 0 Å². The Kier molecular flexibility index (Phi) is 5.53. The lowest BCUT2D eigenvalue weighted by Gasteiger charge is -2.25. The van der Waals surface area contributed by atoms with Crippen LogP contribution in [-0.2, 0) is 11.2 Å². The largest absolute Gasteiger partial charge is 0.342 e. The zero-order chi connectivity index (χ0) is 14.4. The normalized spacial score (nSPS) is 17.6. The quantitative estimate of drug-likeness (QED) is 0.919. The summed E-state index contributed by atoms with van der Waals surface area (Å²) in [7, 11) is 0. The fourth-order valence-corrected chi connectivity index (χ4v) is 2.75. The van der Waals surface area contributed by atoms with Crippen LogP contribution in [0.3, 0.4) is 0 Å². The molecular formula is C16H23FN2O. The predicted octanol–water partition coefficient (Wildman–Crippen LogP) is 2.35. The molecule has 1 aliphatic heterocycles. The van der Waals surface area contributed by atoms with Crippen molar-refractivity contribution in [3.63, 3.8) is 0 Å². The third-order valence-electron chi connectivity index (χ3n) is 3.98. The first-order valence-electron chi connectivity index (χ1n) is 7.44. The highest BCUT2D eigenvalue weighted by atomic mass is 19.1. The molecule has 2 N–H and O–H groups in total. The Morgan fingerprint density at radius 2 is 1.85 bits per heavy atom. The zero-order valence-electron chi connectivity index (χ0n) is 11.9. The maximum absolute atomic E-state index is 13.7. The van der Waals surface area contributed by atoms with Crippen LogP contribution in [0.1, 0.15) is 31.2 Å². The minimum Gasteiger partial charge on any atom is -0.342 e. The molecule has 0 aromatic heterocycles. The van der Waals surface area contributed by atoms with Gasteiger partial charge in [-0.1, -0.05) is 31.0 Å². The summed E-state index contributed by atoms with van der Waals surface area (Å²) in [5, 5.41) is 0. The fraction of sp³-hybridized carbons (Fsp3) is 0.562. The van der Waals surface area contributed by atoms with E-state index in [1.807, 2.05) is 4.90 Å². The van der Waals surface area contributed by atoms with Gasteiger partial charge in [0, 0.05) is 19.6 Å².